The van der Waals surface area contributed by atoms with Gasteiger partial charge in [-0.25, -0.2) is 0 Å². The third kappa shape index (κ3) is 3.23. The zero-order valence-electron chi connectivity index (χ0n) is 9.09. The van der Waals surface area contributed by atoms with Gasteiger partial charge in [-0.05, 0) is 37.8 Å². The molecule has 2 N–H and O–H groups in total. The molecule has 1 heterocycles. The normalized spacial score (nSPS) is 37.1. The maximum absolute atomic E-state index is 5.40. The van der Waals surface area contributed by atoms with Crippen LogP contribution in [0.4, 0.5) is 0 Å². The van der Waals surface area contributed by atoms with Gasteiger partial charge in [0.1, 0.15) is 0 Å². The van der Waals surface area contributed by atoms with Crippen LogP contribution < -0.4 is 10.6 Å². The lowest BCUT2D eigenvalue weighted by atomic mass is 10.2. The van der Waals surface area contributed by atoms with Crippen LogP contribution in [0.2, 0.25) is 0 Å². The lowest BCUT2D eigenvalue weighted by molar-refractivity contribution is 0.0742. The Kier molecular flexibility index (Phi) is 3.79. The van der Waals surface area contributed by atoms with Crippen LogP contribution in [0.15, 0.2) is 0 Å². The van der Waals surface area contributed by atoms with E-state index in [0.717, 1.165) is 38.1 Å². The van der Waals surface area contributed by atoms with Crippen LogP contribution in [0.3, 0.4) is 0 Å². The molecule has 1 saturated heterocycles. The van der Waals surface area contributed by atoms with Crippen molar-refractivity contribution in [1.29, 1.82) is 0 Å². The van der Waals surface area contributed by atoms with Crippen molar-refractivity contribution in [3.8, 4) is 0 Å². The molecule has 0 aromatic rings. The van der Waals surface area contributed by atoms with Crippen molar-refractivity contribution in [1.82, 2.24) is 10.6 Å². The summed E-state index contributed by atoms with van der Waals surface area (Å²) in [6, 6.07) is 0.577. The van der Waals surface area contributed by atoms with Crippen molar-refractivity contribution in [2.24, 2.45) is 11.8 Å². The SMILES string of the molecule is CC1CC1CNCCC1COCCN1. The molecule has 2 fully saturated rings. The van der Waals surface area contributed by atoms with E-state index in [1.807, 2.05) is 0 Å². The van der Waals surface area contributed by atoms with Crippen LogP contribution in [0.25, 0.3) is 0 Å². The topological polar surface area (TPSA) is 33.3 Å². The molecule has 3 heteroatoms. The van der Waals surface area contributed by atoms with E-state index in [9.17, 15) is 0 Å². The quantitative estimate of drug-likeness (QED) is 0.635. The average Bonchev–Trinajstić information content (AvgIpc) is 2.91. The second-order valence-electron chi connectivity index (χ2n) is 4.69. The minimum Gasteiger partial charge on any atom is -0.379 e. The van der Waals surface area contributed by atoms with Gasteiger partial charge in [0.25, 0.3) is 0 Å². The maximum atomic E-state index is 5.40. The Hall–Kier alpha value is -0.120. The van der Waals surface area contributed by atoms with Gasteiger partial charge < -0.3 is 15.4 Å². The Morgan fingerprint density at radius 1 is 1.50 bits per heavy atom. The van der Waals surface area contributed by atoms with E-state index in [0.29, 0.717) is 6.04 Å². The average molecular weight is 198 g/mol. The molecule has 1 aliphatic heterocycles. The largest absolute Gasteiger partial charge is 0.379 e. The molecule has 0 radical (unpaired) electrons. The number of hydrogen-bond acceptors (Lipinski definition) is 3. The molecule has 1 aliphatic carbocycles. The van der Waals surface area contributed by atoms with Crippen LogP contribution in [0.5, 0.6) is 0 Å². The van der Waals surface area contributed by atoms with Crippen LogP contribution in [-0.2, 0) is 4.74 Å². The number of morpholine rings is 1. The van der Waals surface area contributed by atoms with Crippen LogP contribution in [0.1, 0.15) is 19.8 Å². The number of nitrogens with one attached hydrogen (secondary N) is 2. The molecular weight excluding hydrogens is 176 g/mol. The first-order valence-electron chi connectivity index (χ1n) is 5.88. The van der Waals surface area contributed by atoms with Gasteiger partial charge in [-0.15, -0.1) is 0 Å². The molecule has 3 atom stereocenters. The molecule has 0 bridgehead atoms. The van der Waals surface area contributed by atoms with Gasteiger partial charge in [-0.1, -0.05) is 6.92 Å². The van der Waals surface area contributed by atoms with Crippen molar-refractivity contribution in [3.63, 3.8) is 0 Å². The Bertz CT molecular complexity index is 169. The molecule has 0 spiro atoms. The third-order valence-corrected chi connectivity index (χ3v) is 3.35. The van der Waals surface area contributed by atoms with Crippen LogP contribution >= 0.6 is 0 Å². The molecule has 3 nitrogen and oxygen atoms in total. The molecular formula is C11H22N2O. The highest BCUT2D eigenvalue weighted by Gasteiger charge is 2.31. The predicted molar refractivity (Wildman–Crippen MR) is 57.4 cm³/mol. The first-order valence-corrected chi connectivity index (χ1v) is 5.88. The highest BCUT2D eigenvalue weighted by molar-refractivity contribution is 4.84. The summed E-state index contributed by atoms with van der Waals surface area (Å²) in [5.74, 6) is 1.93. The van der Waals surface area contributed by atoms with Gasteiger partial charge in [-0.2, -0.15) is 0 Å². The van der Waals surface area contributed by atoms with Crippen LogP contribution in [0, 0.1) is 11.8 Å². The van der Waals surface area contributed by atoms with Gasteiger partial charge in [0, 0.05) is 12.6 Å². The Labute approximate surface area is 86.6 Å². The minimum absolute atomic E-state index is 0.577. The highest BCUT2D eigenvalue weighted by atomic mass is 16.5. The molecule has 2 aliphatic rings. The summed E-state index contributed by atoms with van der Waals surface area (Å²) < 4.78 is 5.40. The van der Waals surface area contributed by atoms with Gasteiger partial charge in [0.15, 0.2) is 0 Å². The summed E-state index contributed by atoms with van der Waals surface area (Å²) in [5.41, 5.74) is 0. The molecule has 82 valence electrons. The predicted octanol–water partition coefficient (Wildman–Crippen LogP) is 0.611. The third-order valence-electron chi connectivity index (χ3n) is 3.35. The second-order valence-corrected chi connectivity index (χ2v) is 4.69. The molecule has 2 rings (SSSR count). The number of ether oxygens (including phenoxy) is 1. The fourth-order valence-corrected chi connectivity index (χ4v) is 2.05. The fourth-order valence-electron chi connectivity index (χ4n) is 2.05. The van der Waals surface area contributed by atoms with Gasteiger partial charge in [0.05, 0.1) is 13.2 Å². The molecule has 14 heavy (non-hydrogen) atoms. The maximum Gasteiger partial charge on any atom is 0.0620 e. The number of rotatable bonds is 5. The van der Waals surface area contributed by atoms with Crippen molar-refractivity contribution < 1.29 is 4.74 Å². The Morgan fingerprint density at radius 2 is 2.36 bits per heavy atom. The van der Waals surface area contributed by atoms with E-state index in [2.05, 4.69) is 17.6 Å². The first kappa shape index (κ1) is 10.4. The Morgan fingerprint density at radius 3 is 3.00 bits per heavy atom. The summed E-state index contributed by atoms with van der Waals surface area (Å²) in [5, 5.41) is 7.00. The lowest BCUT2D eigenvalue weighted by Crippen LogP contribution is -2.42. The lowest BCUT2D eigenvalue weighted by Gasteiger charge is -2.23. The zero-order valence-corrected chi connectivity index (χ0v) is 9.09. The van der Waals surface area contributed by atoms with Gasteiger partial charge in [0.2, 0.25) is 0 Å². The van der Waals surface area contributed by atoms with E-state index in [4.69, 9.17) is 4.74 Å². The molecule has 0 aromatic heterocycles. The minimum atomic E-state index is 0.577. The van der Waals surface area contributed by atoms with E-state index in [1.165, 1.54) is 19.4 Å². The van der Waals surface area contributed by atoms with E-state index >= 15 is 0 Å². The summed E-state index contributed by atoms with van der Waals surface area (Å²) >= 11 is 0. The van der Waals surface area contributed by atoms with Crippen molar-refractivity contribution in [2.45, 2.75) is 25.8 Å². The highest BCUT2D eigenvalue weighted by Crippen LogP contribution is 2.36. The van der Waals surface area contributed by atoms with E-state index < -0.39 is 0 Å². The first-order chi connectivity index (χ1) is 6.86. The monoisotopic (exact) mass is 198 g/mol. The fraction of sp³-hybridized carbons (Fsp3) is 1.00. The zero-order chi connectivity index (χ0) is 9.80. The smallest absolute Gasteiger partial charge is 0.0620 e. The molecule has 0 aromatic carbocycles. The summed E-state index contributed by atoms with van der Waals surface area (Å²) in [7, 11) is 0. The molecule has 3 unspecified atom stereocenters. The standard InChI is InChI=1S/C11H22N2O/c1-9-6-10(9)7-12-3-2-11-8-14-5-4-13-11/h9-13H,2-8H2,1H3. The molecule has 1 saturated carbocycles. The van der Waals surface area contributed by atoms with Crippen molar-refractivity contribution in [2.75, 3.05) is 32.8 Å². The summed E-state index contributed by atoms with van der Waals surface area (Å²) in [6.45, 7) is 7.47. The summed E-state index contributed by atoms with van der Waals surface area (Å²) in [6.07, 6.45) is 2.62. The summed E-state index contributed by atoms with van der Waals surface area (Å²) in [4.78, 5) is 0. The van der Waals surface area contributed by atoms with Crippen molar-refractivity contribution >= 4 is 0 Å². The van der Waals surface area contributed by atoms with E-state index in [1.54, 1.807) is 0 Å². The van der Waals surface area contributed by atoms with Crippen LogP contribution in [-0.4, -0.2) is 38.9 Å². The Balaban J connectivity index is 1.45. The van der Waals surface area contributed by atoms with Gasteiger partial charge in [-0.3, -0.25) is 0 Å². The van der Waals surface area contributed by atoms with Gasteiger partial charge >= 0.3 is 0 Å². The van der Waals surface area contributed by atoms with E-state index in [-0.39, 0.29) is 0 Å². The molecule has 0 amide bonds. The second kappa shape index (κ2) is 5.10. The van der Waals surface area contributed by atoms with Crippen molar-refractivity contribution in [3.05, 3.63) is 0 Å². The number of hydrogen-bond donors (Lipinski definition) is 2.